The number of halogens is 1. The Morgan fingerprint density at radius 1 is 1.42 bits per heavy atom. The molecule has 0 saturated carbocycles. The summed E-state index contributed by atoms with van der Waals surface area (Å²) < 4.78 is 0. The summed E-state index contributed by atoms with van der Waals surface area (Å²) in [6.45, 7) is 8.06. The second-order valence-electron chi connectivity index (χ2n) is 4.63. The lowest BCUT2D eigenvalue weighted by Gasteiger charge is -2.27. The van der Waals surface area contributed by atoms with E-state index in [9.17, 15) is 4.79 Å². The van der Waals surface area contributed by atoms with Crippen LogP contribution in [0.3, 0.4) is 0 Å². The van der Waals surface area contributed by atoms with Crippen molar-refractivity contribution in [1.82, 2.24) is 15.5 Å². The molecule has 0 radical (unpaired) electrons. The lowest BCUT2D eigenvalue weighted by Crippen LogP contribution is -2.46. The van der Waals surface area contributed by atoms with Gasteiger partial charge in [-0.15, -0.1) is 23.7 Å². The fourth-order valence-electron chi connectivity index (χ4n) is 2.09. The van der Waals surface area contributed by atoms with Gasteiger partial charge in [0, 0.05) is 49.0 Å². The normalized spacial score (nSPS) is 15.8. The fraction of sp³-hybridized carbons (Fsp3) is 0.615. The fourth-order valence-corrected chi connectivity index (χ4v) is 2.98. The van der Waals surface area contributed by atoms with E-state index in [1.165, 1.54) is 4.88 Å². The molecule has 0 unspecified atom stereocenters. The van der Waals surface area contributed by atoms with Crippen LogP contribution in [0.25, 0.3) is 0 Å². The Labute approximate surface area is 125 Å². The minimum Gasteiger partial charge on any atom is -0.355 e. The molecule has 1 saturated heterocycles. The van der Waals surface area contributed by atoms with Crippen molar-refractivity contribution in [3.63, 3.8) is 0 Å². The van der Waals surface area contributed by atoms with Crippen molar-refractivity contribution in [2.75, 3.05) is 39.3 Å². The third-order valence-electron chi connectivity index (χ3n) is 3.09. The van der Waals surface area contributed by atoms with Crippen molar-refractivity contribution < 1.29 is 4.79 Å². The van der Waals surface area contributed by atoms with Gasteiger partial charge in [-0.3, -0.25) is 9.69 Å². The molecule has 0 aliphatic carbocycles. The molecule has 2 N–H and O–H groups in total. The highest BCUT2D eigenvalue weighted by atomic mass is 35.5. The topological polar surface area (TPSA) is 44.4 Å². The predicted octanol–water partition coefficient (Wildman–Crippen LogP) is 1.04. The van der Waals surface area contributed by atoms with Crippen LogP contribution in [0, 0.1) is 6.92 Å². The molecule has 2 rings (SSSR count). The van der Waals surface area contributed by atoms with E-state index in [0.29, 0.717) is 6.42 Å². The second kappa shape index (κ2) is 8.53. The molecular weight excluding hydrogens is 282 g/mol. The van der Waals surface area contributed by atoms with Crippen LogP contribution in [-0.4, -0.2) is 50.1 Å². The summed E-state index contributed by atoms with van der Waals surface area (Å²) >= 11 is 1.70. The Kier molecular flexibility index (Phi) is 7.38. The number of nitrogens with zero attached hydrogens (tertiary/aromatic N) is 1. The highest BCUT2D eigenvalue weighted by Crippen LogP contribution is 2.15. The van der Waals surface area contributed by atoms with Crippen molar-refractivity contribution in [2.24, 2.45) is 0 Å². The summed E-state index contributed by atoms with van der Waals surface area (Å²) in [5.74, 6) is 0.131. The summed E-state index contributed by atoms with van der Waals surface area (Å²) in [6, 6.07) is 4.10. The summed E-state index contributed by atoms with van der Waals surface area (Å²) in [4.78, 5) is 16.5. The summed E-state index contributed by atoms with van der Waals surface area (Å²) in [6.07, 6.45) is 0.514. The van der Waals surface area contributed by atoms with Gasteiger partial charge in [-0.2, -0.15) is 0 Å². The molecule has 1 fully saturated rings. The van der Waals surface area contributed by atoms with Crippen LogP contribution in [0.5, 0.6) is 0 Å². The van der Waals surface area contributed by atoms with Gasteiger partial charge in [0.05, 0.1) is 6.42 Å². The Morgan fingerprint density at radius 2 is 2.16 bits per heavy atom. The van der Waals surface area contributed by atoms with Gasteiger partial charge in [-0.1, -0.05) is 0 Å². The maximum atomic E-state index is 11.7. The number of carbonyl (C=O) groups is 1. The van der Waals surface area contributed by atoms with Gasteiger partial charge in [-0.05, 0) is 19.1 Å². The highest BCUT2D eigenvalue weighted by molar-refractivity contribution is 7.12. The molecule has 6 heteroatoms. The van der Waals surface area contributed by atoms with Crippen LogP contribution in [0.2, 0.25) is 0 Å². The number of hydrogen-bond acceptors (Lipinski definition) is 4. The first-order valence-electron chi connectivity index (χ1n) is 6.49. The first-order valence-corrected chi connectivity index (χ1v) is 7.31. The number of aryl methyl sites for hydroxylation is 1. The zero-order valence-electron chi connectivity index (χ0n) is 11.3. The average molecular weight is 304 g/mol. The van der Waals surface area contributed by atoms with E-state index in [4.69, 9.17) is 0 Å². The van der Waals surface area contributed by atoms with Gasteiger partial charge >= 0.3 is 0 Å². The summed E-state index contributed by atoms with van der Waals surface area (Å²) in [7, 11) is 0. The van der Waals surface area contributed by atoms with Crippen LogP contribution in [0.4, 0.5) is 0 Å². The van der Waals surface area contributed by atoms with Crippen LogP contribution in [0.1, 0.15) is 9.75 Å². The van der Waals surface area contributed by atoms with E-state index in [2.05, 4.69) is 28.5 Å². The van der Waals surface area contributed by atoms with Crippen LogP contribution in [0.15, 0.2) is 12.1 Å². The molecule has 0 atom stereocenters. The summed E-state index contributed by atoms with van der Waals surface area (Å²) in [5.41, 5.74) is 0. The average Bonchev–Trinajstić information content (AvgIpc) is 2.76. The third-order valence-corrected chi connectivity index (χ3v) is 4.09. The van der Waals surface area contributed by atoms with E-state index >= 15 is 0 Å². The Hall–Kier alpha value is -0.620. The molecule has 19 heavy (non-hydrogen) atoms. The second-order valence-corrected chi connectivity index (χ2v) is 6.00. The minimum atomic E-state index is 0. The van der Waals surface area contributed by atoms with Crippen LogP contribution >= 0.6 is 23.7 Å². The smallest absolute Gasteiger partial charge is 0.225 e. The predicted molar refractivity (Wildman–Crippen MR) is 82.3 cm³/mol. The van der Waals surface area contributed by atoms with Gasteiger partial charge in [0.1, 0.15) is 0 Å². The monoisotopic (exact) mass is 303 g/mol. The molecule has 1 amide bonds. The maximum Gasteiger partial charge on any atom is 0.225 e. The lowest BCUT2D eigenvalue weighted by molar-refractivity contribution is -0.120. The van der Waals surface area contributed by atoms with Crippen molar-refractivity contribution in [1.29, 1.82) is 0 Å². The number of carbonyl (C=O) groups excluding carboxylic acids is 1. The quantitative estimate of drug-likeness (QED) is 0.854. The molecule has 0 spiro atoms. The largest absolute Gasteiger partial charge is 0.355 e. The van der Waals surface area contributed by atoms with Gasteiger partial charge < -0.3 is 10.6 Å². The van der Waals surface area contributed by atoms with Gasteiger partial charge in [0.25, 0.3) is 0 Å². The van der Waals surface area contributed by atoms with Crippen molar-refractivity contribution >= 4 is 29.7 Å². The van der Waals surface area contributed by atoms with Gasteiger partial charge in [0.2, 0.25) is 5.91 Å². The maximum absolute atomic E-state index is 11.7. The van der Waals surface area contributed by atoms with Crippen LogP contribution in [-0.2, 0) is 11.2 Å². The van der Waals surface area contributed by atoms with Gasteiger partial charge in [0.15, 0.2) is 0 Å². The molecule has 108 valence electrons. The van der Waals surface area contributed by atoms with Gasteiger partial charge in [-0.25, -0.2) is 0 Å². The summed E-state index contributed by atoms with van der Waals surface area (Å²) in [5, 5.41) is 6.31. The van der Waals surface area contributed by atoms with Crippen LogP contribution < -0.4 is 10.6 Å². The Morgan fingerprint density at radius 3 is 2.79 bits per heavy atom. The Bertz CT molecular complexity index is 391. The highest BCUT2D eigenvalue weighted by Gasteiger charge is 2.09. The molecule has 1 aliphatic heterocycles. The van der Waals surface area contributed by atoms with E-state index < -0.39 is 0 Å². The van der Waals surface area contributed by atoms with Crippen molar-refractivity contribution in [2.45, 2.75) is 13.3 Å². The molecule has 1 aliphatic rings. The molecule has 4 nitrogen and oxygen atoms in total. The lowest BCUT2D eigenvalue weighted by atomic mass is 10.3. The van der Waals surface area contributed by atoms with E-state index in [0.717, 1.165) is 44.1 Å². The van der Waals surface area contributed by atoms with Crippen molar-refractivity contribution in [3.05, 3.63) is 21.9 Å². The molecule has 0 aromatic carbocycles. The first kappa shape index (κ1) is 16.4. The number of thiophene rings is 1. The number of piperazine rings is 1. The minimum absolute atomic E-state index is 0. The van der Waals surface area contributed by atoms with E-state index in [1.54, 1.807) is 11.3 Å². The molecule has 0 bridgehead atoms. The first-order chi connectivity index (χ1) is 8.74. The Balaban J connectivity index is 0.00000180. The third kappa shape index (κ3) is 5.91. The number of hydrogen-bond donors (Lipinski definition) is 2. The SMILES string of the molecule is Cc1ccc(CC(=O)NCCN2CCNCC2)s1.Cl. The molecule has 1 aromatic heterocycles. The van der Waals surface area contributed by atoms with Crippen molar-refractivity contribution in [3.8, 4) is 0 Å². The number of amides is 1. The van der Waals surface area contributed by atoms with E-state index in [1.807, 2.05) is 6.07 Å². The van der Waals surface area contributed by atoms with E-state index in [-0.39, 0.29) is 18.3 Å². The number of rotatable bonds is 5. The molecule has 1 aromatic rings. The number of nitrogens with one attached hydrogen (secondary N) is 2. The molecule has 2 heterocycles. The molecular formula is C13H22ClN3OS. The standard InChI is InChI=1S/C13H21N3OS.ClH/c1-11-2-3-12(18-11)10-13(17)15-6-9-16-7-4-14-5-8-16;/h2-3,14H,4-10H2,1H3,(H,15,17);1H. The zero-order valence-corrected chi connectivity index (χ0v) is 12.9. The zero-order chi connectivity index (χ0) is 12.8.